The van der Waals surface area contributed by atoms with Crippen LogP contribution in [0.5, 0.6) is 0 Å². The van der Waals surface area contributed by atoms with E-state index in [-0.39, 0.29) is 6.04 Å². The number of hydrogen-bond acceptors (Lipinski definition) is 3. The van der Waals surface area contributed by atoms with Crippen LogP contribution in [0.25, 0.3) is 0 Å². The van der Waals surface area contributed by atoms with Gasteiger partial charge in [-0.15, -0.1) is 0 Å². The van der Waals surface area contributed by atoms with Crippen molar-refractivity contribution in [3.63, 3.8) is 0 Å². The molecule has 116 valence electrons. The van der Waals surface area contributed by atoms with Crippen LogP contribution in [0, 0.1) is 0 Å². The van der Waals surface area contributed by atoms with Gasteiger partial charge >= 0.3 is 0 Å². The van der Waals surface area contributed by atoms with Crippen molar-refractivity contribution in [3.05, 3.63) is 30.3 Å². The van der Waals surface area contributed by atoms with Crippen LogP contribution in [-0.2, 0) is 10.0 Å². The van der Waals surface area contributed by atoms with E-state index < -0.39 is 10.0 Å². The molecule has 0 radical (unpaired) electrons. The monoisotopic (exact) mass is 308 g/mol. The van der Waals surface area contributed by atoms with Gasteiger partial charge in [-0.1, -0.05) is 25.1 Å². The third-order valence-corrected chi connectivity index (χ3v) is 6.62. The minimum absolute atomic E-state index is 0.147. The van der Waals surface area contributed by atoms with Crippen LogP contribution in [-0.4, -0.2) is 37.4 Å². The van der Waals surface area contributed by atoms with Gasteiger partial charge in [-0.2, -0.15) is 4.31 Å². The van der Waals surface area contributed by atoms with Crippen LogP contribution in [0.15, 0.2) is 35.2 Å². The third-order valence-electron chi connectivity index (χ3n) is 4.65. The highest BCUT2D eigenvalue weighted by Gasteiger charge is 2.40. The van der Waals surface area contributed by atoms with Gasteiger partial charge in [-0.05, 0) is 44.2 Å². The summed E-state index contributed by atoms with van der Waals surface area (Å²) in [5.41, 5.74) is 0. The first-order valence-corrected chi connectivity index (χ1v) is 9.38. The largest absolute Gasteiger partial charge is 0.311 e. The van der Waals surface area contributed by atoms with Crippen LogP contribution >= 0.6 is 0 Å². The summed E-state index contributed by atoms with van der Waals surface area (Å²) in [6, 6.07) is 9.99. The Hall–Kier alpha value is -0.910. The summed E-state index contributed by atoms with van der Waals surface area (Å²) in [5.74, 6) is 0. The topological polar surface area (TPSA) is 49.4 Å². The SMILES string of the molecule is CCCN(C1CC2CCC(C1)N2)S(=O)(=O)c1ccccc1. The first kappa shape index (κ1) is 15.0. The van der Waals surface area contributed by atoms with Gasteiger partial charge < -0.3 is 5.32 Å². The molecule has 0 saturated carbocycles. The van der Waals surface area contributed by atoms with Gasteiger partial charge in [-0.25, -0.2) is 8.42 Å². The molecular formula is C16H24N2O2S. The Balaban J connectivity index is 1.87. The summed E-state index contributed by atoms with van der Waals surface area (Å²) < 4.78 is 27.7. The molecule has 3 rings (SSSR count). The number of piperidine rings is 1. The molecule has 21 heavy (non-hydrogen) atoms. The first-order valence-electron chi connectivity index (χ1n) is 7.94. The predicted molar refractivity (Wildman–Crippen MR) is 83.6 cm³/mol. The molecule has 1 aromatic carbocycles. The fourth-order valence-corrected chi connectivity index (χ4v) is 5.47. The molecule has 1 N–H and O–H groups in total. The molecule has 2 aliphatic heterocycles. The summed E-state index contributed by atoms with van der Waals surface area (Å²) in [4.78, 5) is 0.421. The van der Waals surface area contributed by atoms with Crippen molar-refractivity contribution >= 4 is 10.0 Å². The molecule has 2 fully saturated rings. The molecule has 1 aromatic rings. The van der Waals surface area contributed by atoms with E-state index >= 15 is 0 Å². The smallest absolute Gasteiger partial charge is 0.243 e. The zero-order chi connectivity index (χ0) is 14.9. The van der Waals surface area contributed by atoms with Crippen molar-refractivity contribution in [3.8, 4) is 0 Å². The predicted octanol–water partition coefficient (Wildman–Crippen LogP) is 2.37. The van der Waals surface area contributed by atoms with E-state index in [1.54, 1.807) is 28.6 Å². The quantitative estimate of drug-likeness (QED) is 0.908. The van der Waals surface area contributed by atoms with Gasteiger partial charge in [0.2, 0.25) is 10.0 Å². The van der Waals surface area contributed by atoms with Crippen molar-refractivity contribution in [2.75, 3.05) is 6.54 Å². The zero-order valence-corrected chi connectivity index (χ0v) is 13.3. The van der Waals surface area contributed by atoms with Gasteiger partial charge in [-0.3, -0.25) is 0 Å². The Morgan fingerprint density at radius 2 is 1.76 bits per heavy atom. The van der Waals surface area contributed by atoms with E-state index in [1.807, 2.05) is 13.0 Å². The standard InChI is InChI=1S/C16H24N2O2S/c1-2-10-18(15-11-13-8-9-14(12-15)17-13)21(19,20)16-6-4-3-5-7-16/h3-7,13-15,17H,2,8-12H2,1H3. The van der Waals surface area contributed by atoms with E-state index in [0.29, 0.717) is 23.5 Å². The molecule has 2 heterocycles. The second kappa shape index (κ2) is 6.07. The molecule has 0 spiro atoms. The average molecular weight is 308 g/mol. The van der Waals surface area contributed by atoms with E-state index in [1.165, 1.54) is 12.8 Å². The Morgan fingerprint density at radius 1 is 1.14 bits per heavy atom. The number of rotatable bonds is 5. The maximum absolute atomic E-state index is 13.0. The van der Waals surface area contributed by atoms with Gasteiger partial charge in [0.25, 0.3) is 0 Å². The van der Waals surface area contributed by atoms with Crippen LogP contribution in [0.1, 0.15) is 39.0 Å². The van der Waals surface area contributed by atoms with Crippen molar-refractivity contribution in [2.45, 2.75) is 62.0 Å². The summed E-state index contributed by atoms with van der Waals surface area (Å²) in [6.45, 7) is 2.66. The molecule has 2 bridgehead atoms. The van der Waals surface area contributed by atoms with Crippen LogP contribution in [0.4, 0.5) is 0 Å². The number of nitrogens with one attached hydrogen (secondary N) is 1. The molecule has 0 aliphatic carbocycles. The Bertz CT molecular complexity index is 561. The Labute approximate surface area is 127 Å². The minimum atomic E-state index is -3.38. The van der Waals surface area contributed by atoms with Crippen molar-refractivity contribution < 1.29 is 8.42 Å². The fourth-order valence-electron chi connectivity index (χ4n) is 3.71. The van der Waals surface area contributed by atoms with Gasteiger partial charge in [0.15, 0.2) is 0 Å². The fraction of sp³-hybridized carbons (Fsp3) is 0.625. The van der Waals surface area contributed by atoms with Crippen LogP contribution < -0.4 is 5.32 Å². The third kappa shape index (κ3) is 3.00. The summed E-state index contributed by atoms with van der Waals surface area (Å²) in [5, 5.41) is 3.59. The average Bonchev–Trinajstić information content (AvgIpc) is 2.84. The number of fused-ring (bicyclic) bond motifs is 2. The van der Waals surface area contributed by atoms with Crippen molar-refractivity contribution in [1.82, 2.24) is 9.62 Å². The first-order chi connectivity index (χ1) is 10.1. The lowest BCUT2D eigenvalue weighted by Crippen LogP contribution is -2.50. The molecule has 4 nitrogen and oxygen atoms in total. The van der Waals surface area contributed by atoms with E-state index in [0.717, 1.165) is 19.3 Å². The molecule has 2 saturated heterocycles. The lowest BCUT2D eigenvalue weighted by molar-refractivity contribution is 0.226. The minimum Gasteiger partial charge on any atom is -0.311 e. The normalized spacial score (nSPS) is 29.0. The Kier molecular flexibility index (Phi) is 4.33. The lowest BCUT2D eigenvalue weighted by atomic mass is 10.00. The number of benzene rings is 1. The van der Waals surface area contributed by atoms with Crippen molar-refractivity contribution in [1.29, 1.82) is 0 Å². The zero-order valence-electron chi connectivity index (χ0n) is 12.5. The second-order valence-electron chi connectivity index (χ2n) is 6.19. The van der Waals surface area contributed by atoms with Crippen LogP contribution in [0.3, 0.4) is 0 Å². The summed E-state index contributed by atoms with van der Waals surface area (Å²) in [6.07, 6.45) is 5.12. The molecule has 0 aromatic heterocycles. The number of hydrogen-bond donors (Lipinski definition) is 1. The second-order valence-corrected chi connectivity index (χ2v) is 8.08. The highest BCUT2D eigenvalue weighted by Crippen LogP contribution is 2.32. The van der Waals surface area contributed by atoms with E-state index in [2.05, 4.69) is 5.32 Å². The molecule has 2 aliphatic rings. The molecule has 0 amide bonds. The lowest BCUT2D eigenvalue weighted by Gasteiger charge is -2.36. The molecule has 2 unspecified atom stereocenters. The summed E-state index contributed by atoms with van der Waals surface area (Å²) >= 11 is 0. The van der Waals surface area contributed by atoms with E-state index in [4.69, 9.17) is 0 Å². The van der Waals surface area contributed by atoms with Gasteiger partial charge in [0.1, 0.15) is 0 Å². The Morgan fingerprint density at radius 3 is 2.33 bits per heavy atom. The maximum Gasteiger partial charge on any atom is 0.243 e. The summed E-state index contributed by atoms with van der Waals surface area (Å²) in [7, 11) is -3.38. The van der Waals surface area contributed by atoms with Crippen LogP contribution in [0.2, 0.25) is 0 Å². The maximum atomic E-state index is 13.0. The highest BCUT2D eigenvalue weighted by atomic mass is 32.2. The van der Waals surface area contributed by atoms with E-state index in [9.17, 15) is 8.42 Å². The van der Waals surface area contributed by atoms with Crippen molar-refractivity contribution in [2.24, 2.45) is 0 Å². The van der Waals surface area contributed by atoms with Gasteiger partial charge in [0.05, 0.1) is 4.90 Å². The molecule has 2 atom stereocenters. The number of nitrogens with zero attached hydrogens (tertiary/aromatic N) is 1. The molecular weight excluding hydrogens is 284 g/mol. The highest BCUT2D eigenvalue weighted by molar-refractivity contribution is 7.89. The number of sulfonamides is 1. The molecule has 5 heteroatoms. The van der Waals surface area contributed by atoms with Gasteiger partial charge in [0, 0.05) is 24.7 Å².